The van der Waals surface area contributed by atoms with Crippen LogP contribution in [0, 0.1) is 11.3 Å². The normalized spacial score (nSPS) is 14.8. The fourth-order valence-corrected chi connectivity index (χ4v) is 7.86. The van der Waals surface area contributed by atoms with Crippen LogP contribution < -0.4 is 0 Å². The van der Waals surface area contributed by atoms with Crippen LogP contribution in [0.1, 0.15) is 52.8 Å². The van der Waals surface area contributed by atoms with Gasteiger partial charge >= 0.3 is 0 Å². The first-order valence-corrected chi connectivity index (χ1v) is 14.6. The Balaban J connectivity index is 1.56. The zero-order valence-electron chi connectivity index (χ0n) is 23.7. The summed E-state index contributed by atoms with van der Waals surface area (Å²) in [6.07, 6.45) is 0. The van der Waals surface area contributed by atoms with Crippen molar-refractivity contribution in [2.24, 2.45) is 0 Å². The smallest absolute Gasteiger partial charge is 0.0991 e. The Hall–Kier alpha value is -5.19. The van der Waals surface area contributed by atoms with Crippen LogP contribution in [0.25, 0.3) is 33.4 Å². The molecule has 0 N–H and O–H groups in total. The molecule has 0 heterocycles. The fraction of sp³-hybridized carbons (Fsp3) is 0.0976. The van der Waals surface area contributed by atoms with Gasteiger partial charge in [0.15, 0.2) is 0 Å². The molecule has 198 valence electrons. The standard InChI is InChI=1S/C41H29N/c1-40(2)36-22-9-10-23-37(36)41(34-20-7-5-17-31(34)32-18-6-8-21-35(32)41)39-33(19-12-24-38(39)40)30-16-4-3-15-29(30)28-14-11-13-27(25-28)26-42/h3-25H,1-2H3. The van der Waals surface area contributed by atoms with Crippen molar-refractivity contribution in [2.75, 3.05) is 0 Å². The molecule has 0 bridgehead atoms. The first-order valence-electron chi connectivity index (χ1n) is 14.6. The monoisotopic (exact) mass is 535 g/mol. The summed E-state index contributed by atoms with van der Waals surface area (Å²) in [7, 11) is 0. The van der Waals surface area contributed by atoms with Gasteiger partial charge in [0.2, 0.25) is 0 Å². The zero-order valence-corrected chi connectivity index (χ0v) is 23.7. The number of fused-ring (bicyclic) bond motifs is 9. The predicted octanol–water partition coefficient (Wildman–Crippen LogP) is 9.89. The lowest BCUT2D eigenvalue weighted by Gasteiger charge is -2.47. The van der Waals surface area contributed by atoms with E-state index in [2.05, 4.69) is 141 Å². The molecular formula is C41H29N. The summed E-state index contributed by atoms with van der Waals surface area (Å²) in [6.45, 7) is 4.74. The average Bonchev–Trinajstić information content (AvgIpc) is 3.34. The number of nitrogens with zero attached hydrogens (tertiary/aromatic N) is 1. The second-order valence-corrected chi connectivity index (χ2v) is 12.0. The molecule has 1 spiro atoms. The molecular weight excluding hydrogens is 506 g/mol. The van der Waals surface area contributed by atoms with Gasteiger partial charge in [-0.1, -0.05) is 141 Å². The van der Waals surface area contributed by atoms with Crippen molar-refractivity contribution in [3.63, 3.8) is 0 Å². The van der Waals surface area contributed by atoms with Crippen LogP contribution in [0.4, 0.5) is 0 Å². The van der Waals surface area contributed by atoms with Crippen LogP contribution in [-0.2, 0) is 10.8 Å². The van der Waals surface area contributed by atoms with Gasteiger partial charge in [-0.25, -0.2) is 0 Å². The van der Waals surface area contributed by atoms with Crippen LogP contribution in [0.3, 0.4) is 0 Å². The molecule has 8 rings (SSSR count). The van der Waals surface area contributed by atoms with Crippen molar-refractivity contribution in [2.45, 2.75) is 24.7 Å². The Labute approximate surface area is 247 Å². The SMILES string of the molecule is CC1(C)c2ccccc2C2(c3ccccc3-c3ccccc32)c2c(-c3ccccc3-c3cccc(C#N)c3)cccc21. The number of hydrogen-bond acceptors (Lipinski definition) is 1. The summed E-state index contributed by atoms with van der Waals surface area (Å²) in [4.78, 5) is 0. The van der Waals surface area contributed by atoms with E-state index in [0.717, 1.165) is 11.1 Å². The van der Waals surface area contributed by atoms with E-state index < -0.39 is 5.41 Å². The lowest BCUT2D eigenvalue weighted by Crippen LogP contribution is -2.41. The molecule has 2 aliphatic rings. The van der Waals surface area contributed by atoms with Crippen LogP contribution in [-0.4, -0.2) is 0 Å². The lowest BCUT2D eigenvalue weighted by atomic mass is 9.54. The minimum absolute atomic E-state index is 0.199. The first-order chi connectivity index (χ1) is 20.6. The molecule has 1 nitrogen and oxygen atoms in total. The summed E-state index contributed by atoms with van der Waals surface area (Å²) >= 11 is 0. The third-order valence-corrected chi connectivity index (χ3v) is 9.59. The molecule has 0 saturated heterocycles. The second kappa shape index (κ2) is 8.90. The molecule has 0 aromatic heterocycles. The Morgan fingerprint density at radius 1 is 0.452 bits per heavy atom. The average molecular weight is 536 g/mol. The molecule has 0 saturated carbocycles. The molecule has 0 fully saturated rings. The highest BCUT2D eigenvalue weighted by molar-refractivity contribution is 5.94. The van der Waals surface area contributed by atoms with Crippen molar-refractivity contribution in [1.82, 2.24) is 0 Å². The number of hydrogen-bond donors (Lipinski definition) is 0. The van der Waals surface area contributed by atoms with Gasteiger partial charge in [0.05, 0.1) is 17.0 Å². The zero-order chi connectivity index (χ0) is 28.5. The van der Waals surface area contributed by atoms with Crippen LogP contribution in [0.2, 0.25) is 0 Å². The molecule has 0 radical (unpaired) electrons. The van der Waals surface area contributed by atoms with Crippen LogP contribution in [0.15, 0.2) is 140 Å². The van der Waals surface area contributed by atoms with Crippen molar-refractivity contribution < 1.29 is 0 Å². The van der Waals surface area contributed by atoms with Crippen molar-refractivity contribution in [3.8, 4) is 39.4 Å². The topological polar surface area (TPSA) is 23.8 Å². The summed E-state index contributed by atoms with van der Waals surface area (Å²) in [5, 5.41) is 9.68. The summed E-state index contributed by atoms with van der Waals surface area (Å²) in [5.74, 6) is 0. The van der Waals surface area contributed by atoms with Gasteiger partial charge in [-0.15, -0.1) is 0 Å². The van der Waals surface area contributed by atoms with Gasteiger partial charge < -0.3 is 0 Å². The molecule has 6 aromatic rings. The van der Waals surface area contributed by atoms with E-state index in [0.29, 0.717) is 5.56 Å². The molecule has 0 unspecified atom stereocenters. The highest BCUT2D eigenvalue weighted by atomic mass is 14.5. The van der Waals surface area contributed by atoms with E-state index in [-0.39, 0.29) is 5.41 Å². The minimum atomic E-state index is -0.465. The molecule has 0 atom stereocenters. The molecule has 1 heteroatoms. The maximum absolute atomic E-state index is 9.68. The summed E-state index contributed by atoms with van der Waals surface area (Å²) in [6, 6.07) is 52.9. The minimum Gasteiger partial charge on any atom is -0.192 e. The van der Waals surface area contributed by atoms with E-state index in [1.165, 1.54) is 55.6 Å². The second-order valence-electron chi connectivity index (χ2n) is 12.0. The Bertz CT molecular complexity index is 2040. The molecule has 42 heavy (non-hydrogen) atoms. The van der Waals surface area contributed by atoms with E-state index in [4.69, 9.17) is 0 Å². The van der Waals surface area contributed by atoms with Crippen LogP contribution >= 0.6 is 0 Å². The van der Waals surface area contributed by atoms with Gasteiger partial charge in [0.25, 0.3) is 0 Å². The largest absolute Gasteiger partial charge is 0.192 e. The maximum Gasteiger partial charge on any atom is 0.0991 e. The summed E-state index contributed by atoms with van der Waals surface area (Å²) < 4.78 is 0. The lowest BCUT2D eigenvalue weighted by molar-refractivity contribution is 0.564. The van der Waals surface area contributed by atoms with Crippen LogP contribution in [0.5, 0.6) is 0 Å². The Morgan fingerprint density at radius 2 is 0.952 bits per heavy atom. The van der Waals surface area contributed by atoms with Gasteiger partial charge in [-0.2, -0.15) is 5.26 Å². The Morgan fingerprint density at radius 3 is 1.62 bits per heavy atom. The number of nitriles is 1. The number of rotatable bonds is 2. The van der Waals surface area contributed by atoms with Gasteiger partial charge in [0.1, 0.15) is 0 Å². The molecule has 0 amide bonds. The first kappa shape index (κ1) is 24.6. The van der Waals surface area contributed by atoms with Crippen molar-refractivity contribution >= 4 is 0 Å². The predicted molar refractivity (Wildman–Crippen MR) is 171 cm³/mol. The van der Waals surface area contributed by atoms with Gasteiger partial charge in [-0.05, 0) is 78.9 Å². The van der Waals surface area contributed by atoms with Crippen molar-refractivity contribution in [3.05, 3.63) is 178 Å². The van der Waals surface area contributed by atoms with E-state index >= 15 is 0 Å². The van der Waals surface area contributed by atoms with E-state index in [9.17, 15) is 5.26 Å². The molecule has 0 aliphatic heterocycles. The van der Waals surface area contributed by atoms with E-state index in [1.54, 1.807) is 0 Å². The molecule has 6 aromatic carbocycles. The highest BCUT2D eigenvalue weighted by Gasteiger charge is 2.54. The van der Waals surface area contributed by atoms with Gasteiger partial charge in [0, 0.05) is 5.41 Å². The third-order valence-electron chi connectivity index (χ3n) is 9.59. The van der Waals surface area contributed by atoms with Crippen molar-refractivity contribution in [1.29, 1.82) is 5.26 Å². The quantitative estimate of drug-likeness (QED) is 0.216. The van der Waals surface area contributed by atoms with E-state index in [1.807, 2.05) is 18.2 Å². The maximum atomic E-state index is 9.68. The number of benzene rings is 6. The fourth-order valence-electron chi connectivity index (χ4n) is 7.86. The third kappa shape index (κ3) is 3.13. The molecule has 2 aliphatic carbocycles. The summed E-state index contributed by atoms with van der Waals surface area (Å²) in [5.41, 5.74) is 15.3. The Kier molecular flexibility index (Phi) is 5.21. The van der Waals surface area contributed by atoms with Gasteiger partial charge in [-0.3, -0.25) is 0 Å². The highest BCUT2D eigenvalue weighted by Crippen LogP contribution is 2.63.